The van der Waals surface area contributed by atoms with E-state index in [4.69, 9.17) is 4.74 Å². The van der Waals surface area contributed by atoms with E-state index in [0.29, 0.717) is 0 Å². The van der Waals surface area contributed by atoms with Crippen LogP contribution in [0.4, 0.5) is 0 Å². The number of hydrogen-bond donors (Lipinski definition) is 0. The summed E-state index contributed by atoms with van der Waals surface area (Å²) in [5.74, 6) is 0. The van der Waals surface area contributed by atoms with Crippen LogP contribution in [-0.2, 0) is 4.74 Å². The molecule has 2 heteroatoms. The van der Waals surface area contributed by atoms with Crippen molar-refractivity contribution in [1.82, 2.24) is 4.90 Å². The summed E-state index contributed by atoms with van der Waals surface area (Å²) >= 11 is 0. The minimum absolute atomic E-state index is 0.0293. The Labute approximate surface area is 140 Å². The summed E-state index contributed by atoms with van der Waals surface area (Å²) in [7, 11) is 0. The second kappa shape index (κ2) is 8.28. The van der Waals surface area contributed by atoms with Crippen molar-refractivity contribution in [2.75, 3.05) is 26.2 Å². The van der Waals surface area contributed by atoms with Crippen molar-refractivity contribution in [3.05, 3.63) is 71.3 Å². The maximum absolute atomic E-state index is 6.32. The highest BCUT2D eigenvalue weighted by molar-refractivity contribution is 5.31. The van der Waals surface area contributed by atoms with Gasteiger partial charge in [-0.2, -0.15) is 0 Å². The first-order valence-corrected chi connectivity index (χ1v) is 8.78. The summed E-state index contributed by atoms with van der Waals surface area (Å²) in [4.78, 5) is 2.53. The maximum atomic E-state index is 6.32. The molecular weight excluding hydrogens is 282 g/mol. The molecule has 0 aromatic heterocycles. The van der Waals surface area contributed by atoms with E-state index in [1.807, 2.05) is 0 Å². The highest BCUT2D eigenvalue weighted by Crippen LogP contribution is 2.26. The molecule has 0 spiro atoms. The van der Waals surface area contributed by atoms with Gasteiger partial charge in [-0.25, -0.2) is 0 Å². The number of nitrogens with zero attached hydrogens (tertiary/aromatic N) is 1. The van der Waals surface area contributed by atoms with Crippen LogP contribution in [0.1, 0.15) is 42.1 Å². The van der Waals surface area contributed by atoms with Crippen molar-refractivity contribution >= 4 is 0 Å². The van der Waals surface area contributed by atoms with Gasteiger partial charge in [0, 0.05) is 6.54 Å². The molecule has 1 fully saturated rings. The van der Waals surface area contributed by atoms with E-state index in [9.17, 15) is 0 Å². The van der Waals surface area contributed by atoms with Gasteiger partial charge < -0.3 is 9.64 Å². The molecule has 2 nitrogen and oxygen atoms in total. The molecule has 0 unspecified atom stereocenters. The van der Waals surface area contributed by atoms with Crippen molar-refractivity contribution in [2.45, 2.75) is 32.3 Å². The van der Waals surface area contributed by atoms with E-state index in [1.165, 1.54) is 49.0 Å². The zero-order chi connectivity index (χ0) is 15.9. The molecule has 1 saturated heterocycles. The Balaban J connectivity index is 1.66. The molecule has 1 heterocycles. The quantitative estimate of drug-likeness (QED) is 0.774. The van der Waals surface area contributed by atoms with E-state index < -0.39 is 0 Å². The van der Waals surface area contributed by atoms with Crippen molar-refractivity contribution in [2.24, 2.45) is 0 Å². The fourth-order valence-corrected chi connectivity index (χ4v) is 3.24. The number of rotatable bonds is 6. The third-order valence-electron chi connectivity index (χ3n) is 4.62. The van der Waals surface area contributed by atoms with E-state index in [1.54, 1.807) is 0 Å². The Hall–Kier alpha value is -1.64. The summed E-state index contributed by atoms with van der Waals surface area (Å²) in [6.45, 7) is 6.40. The van der Waals surface area contributed by atoms with Gasteiger partial charge in [0.1, 0.15) is 6.10 Å². The molecule has 2 aromatic carbocycles. The third kappa shape index (κ3) is 4.66. The molecule has 23 heavy (non-hydrogen) atoms. The topological polar surface area (TPSA) is 12.5 Å². The zero-order valence-corrected chi connectivity index (χ0v) is 14.1. The van der Waals surface area contributed by atoms with Crippen molar-refractivity contribution in [3.8, 4) is 0 Å². The van der Waals surface area contributed by atoms with Gasteiger partial charge in [0.25, 0.3) is 0 Å². The smallest absolute Gasteiger partial charge is 0.108 e. The van der Waals surface area contributed by atoms with Crippen LogP contribution in [0.2, 0.25) is 0 Å². The fraction of sp³-hybridized carbons (Fsp3) is 0.429. The van der Waals surface area contributed by atoms with Crippen LogP contribution >= 0.6 is 0 Å². The minimum atomic E-state index is 0.0293. The Kier molecular flexibility index (Phi) is 5.84. The number of ether oxygens (including phenoxy) is 1. The van der Waals surface area contributed by atoms with Gasteiger partial charge in [-0.3, -0.25) is 0 Å². The summed E-state index contributed by atoms with van der Waals surface area (Å²) in [5, 5.41) is 0. The van der Waals surface area contributed by atoms with Gasteiger partial charge in [0.2, 0.25) is 0 Å². The lowest BCUT2D eigenvalue weighted by Crippen LogP contribution is -2.33. The summed E-state index contributed by atoms with van der Waals surface area (Å²) in [6, 6.07) is 19.3. The molecule has 0 bridgehead atoms. The van der Waals surface area contributed by atoms with E-state index in [-0.39, 0.29) is 6.10 Å². The van der Waals surface area contributed by atoms with Gasteiger partial charge in [0.05, 0.1) is 6.61 Å². The Morgan fingerprint density at radius 2 is 1.52 bits per heavy atom. The first-order valence-electron chi connectivity index (χ1n) is 8.78. The normalized spacial score (nSPS) is 17.1. The number of hydrogen-bond acceptors (Lipinski definition) is 2. The zero-order valence-electron chi connectivity index (χ0n) is 14.1. The number of aryl methyl sites for hydroxylation is 1. The molecule has 2 aromatic rings. The number of benzene rings is 2. The molecule has 122 valence electrons. The van der Waals surface area contributed by atoms with Crippen LogP contribution in [-0.4, -0.2) is 31.1 Å². The first-order chi connectivity index (χ1) is 11.3. The van der Waals surface area contributed by atoms with Crippen LogP contribution in [0.15, 0.2) is 54.6 Å². The number of likely N-dealkylation sites (tertiary alicyclic amines) is 1. The highest BCUT2D eigenvalue weighted by Gasteiger charge is 2.16. The Morgan fingerprint density at radius 3 is 2.22 bits per heavy atom. The van der Waals surface area contributed by atoms with Gasteiger partial charge in [-0.1, -0.05) is 66.6 Å². The van der Waals surface area contributed by atoms with E-state index in [0.717, 1.165) is 13.2 Å². The predicted molar refractivity (Wildman–Crippen MR) is 95.7 cm³/mol. The van der Waals surface area contributed by atoms with Gasteiger partial charge >= 0.3 is 0 Å². The minimum Gasteiger partial charge on any atom is -0.367 e. The second-order valence-electron chi connectivity index (χ2n) is 6.47. The summed E-state index contributed by atoms with van der Waals surface area (Å²) in [6.07, 6.45) is 4.08. The van der Waals surface area contributed by atoms with Gasteiger partial charge in [-0.05, 0) is 44.0 Å². The van der Waals surface area contributed by atoms with Crippen LogP contribution in [0.3, 0.4) is 0 Å². The van der Waals surface area contributed by atoms with Gasteiger partial charge in [-0.15, -0.1) is 0 Å². The largest absolute Gasteiger partial charge is 0.367 e. The Morgan fingerprint density at radius 1 is 0.870 bits per heavy atom. The van der Waals surface area contributed by atoms with Crippen molar-refractivity contribution < 1.29 is 4.74 Å². The molecule has 0 N–H and O–H groups in total. The van der Waals surface area contributed by atoms with E-state index in [2.05, 4.69) is 66.4 Å². The van der Waals surface area contributed by atoms with E-state index >= 15 is 0 Å². The van der Waals surface area contributed by atoms with Crippen molar-refractivity contribution in [3.63, 3.8) is 0 Å². The lowest BCUT2D eigenvalue weighted by atomic mass is 10.0. The maximum Gasteiger partial charge on any atom is 0.108 e. The summed E-state index contributed by atoms with van der Waals surface area (Å²) < 4.78 is 6.32. The molecular formula is C21H27NO. The highest BCUT2D eigenvalue weighted by atomic mass is 16.5. The molecule has 0 amide bonds. The van der Waals surface area contributed by atoms with Crippen molar-refractivity contribution in [1.29, 1.82) is 0 Å². The molecule has 1 aliphatic rings. The molecule has 0 aliphatic carbocycles. The third-order valence-corrected chi connectivity index (χ3v) is 4.62. The first kappa shape index (κ1) is 16.2. The van der Waals surface area contributed by atoms with Crippen LogP contribution in [0.25, 0.3) is 0 Å². The second-order valence-corrected chi connectivity index (χ2v) is 6.47. The molecule has 1 aliphatic heterocycles. The van der Waals surface area contributed by atoms with Gasteiger partial charge in [0.15, 0.2) is 0 Å². The fourth-order valence-electron chi connectivity index (χ4n) is 3.24. The summed E-state index contributed by atoms with van der Waals surface area (Å²) in [5.41, 5.74) is 3.75. The predicted octanol–water partition coefficient (Wildman–Crippen LogP) is 4.59. The average Bonchev–Trinajstić information content (AvgIpc) is 2.61. The molecule has 0 saturated carbocycles. The number of piperidine rings is 1. The molecule has 1 atom stereocenters. The molecule has 3 rings (SSSR count). The van der Waals surface area contributed by atoms with Crippen LogP contribution in [0.5, 0.6) is 0 Å². The lowest BCUT2D eigenvalue weighted by Gasteiger charge is -2.27. The van der Waals surface area contributed by atoms with Crippen LogP contribution in [0, 0.1) is 6.92 Å². The molecule has 0 radical (unpaired) electrons. The lowest BCUT2D eigenvalue weighted by molar-refractivity contribution is 0.0557. The standard InChI is InChI=1S/C21H27NO/c1-18-10-12-20(13-11-18)21(19-8-4-2-5-9-19)23-17-16-22-14-6-3-7-15-22/h2,4-5,8-13,21H,3,6-7,14-17H2,1H3/t21-/m0/s1. The average molecular weight is 309 g/mol. The monoisotopic (exact) mass is 309 g/mol. The SMILES string of the molecule is Cc1ccc([C@@H](OCCN2CCCCC2)c2ccccc2)cc1. The van der Waals surface area contributed by atoms with Crippen LogP contribution < -0.4 is 0 Å². The Bertz CT molecular complexity index is 573.